The van der Waals surface area contributed by atoms with Crippen LogP contribution in [-0.4, -0.2) is 68.7 Å². The fraction of sp³-hybridized carbons (Fsp3) is 1.00. The van der Waals surface area contributed by atoms with Crippen LogP contribution in [0.15, 0.2) is 0 Å². The topological polar surface area (TPSA) is 87.0 Å². The molecule has 7 nitrogen and oxygen atoms in total. The molecule has 0 atom stereocenters. The van der Waals surface area contributed by atoms with E-state index in [9.17, 15) is 0 Å². The molecular formula is C10H25N3O4Si. The molecule has 0 radical (unpaired) electrons. The summed E-state index contributed by atoms with van der Waals surface area (Å²) in [6.45, 7) is 6.01. The molecule has 1 aliphatic heterocycles. The number of hydrogen-bond acceptors (Lipinski definition) is 7. The van der Waals surface area contributed by atoms with Crippen molar-refractivity contribution in [3.63, 3.8) is 0 Å². The molecule has 0 amide bonds. The summed E-state index contributed by atoms with van der Waals surface area (Å²) in [5.41, 5.74) is 5.36. The Kier molecular flexibility index (Phi) is 8.72. The number of nitrogens with one attached hydrogen (secondary N) is 2. The van der Waals surface area contributed by atoms with Crippen LogP contribution in [0, 0.1) is 0 Å². The van der Waals surface area contributed by atoms with E-state index in [4.69, 9.17) is 23.4 Å². The Balaban J connectivity index is 1.89. The molecule has 108 valence electrons. The van der Waals surface area contributed by atoms with Gasteiger partial charge >= 0.3 is 9.05 Å². The fourth-order valence-electron chi connectivity index (χ4n) is 1.56. The zero-order valence-electron chi connectivity index (χ0n) is 11.1. The van der Waals surface area contributed by atoms with E-state index in [2.05, 4.69) is 10.6 Å². The maximum atomic E-state index is 5.58. The van der Waals surface area contributed by atoms with Crippen molar-refractivity contribution in [2.24, 2.45) is 5.73 Å². The third-order valence-corrected chi connectivity index (χ3v) is 4.64. The maximum Gasteiger partial charge on any atom is 0.679 e. The van der Waals surface area contributed by atoms with E-state index in [0.717, 1.165) is 32.6 Å². The lowest BCUT2D eigenvalue weighted by Crippen LogP contribution is -2.44. The van der Waals surface area contributed by atoms with Crippen molar-refractivity contribution in [1.82, 2.24) is 10.6 Å². The van der Waals surface area contributed by atoms with Crippen molar-refractivity contribution in [3.8, 4) is 0 Å². The molecule has 0 bridgehead atoms. The van der Waals surface area contributed by atoms with Gasteiger partial charge in [0.15, 0.2) is 0 Å². The third kappa shape index (κ3) is 6.21. The van der Waals surface area contributed by atoms with Crippen LogP contribution in [0.2, 0.25) is 0 Å². The summed E-state index contributed by atoms with van der Waals surface area (Å²) in [6, 6.07) is 0. The first-order valence-corrected chi connectivity index (χ1v) is 8.05. The summed E-state index contributed by atoms with van der Waals surface area (Å²) in [5.74, 6) is 0. The highest BCUT2D eigenvalue weighted by atomic mass is 28.4. The van der Waals surface area contributed by atoms with Gasteiger partial charge in [0.2, 0.25) is 0 Å². The van der Waals surface area contributed by atoms with Crippen LogP contribution >= 0.6 is 0 Å². The summed E-state index contributed by atoms with van der Waals surface area (Å²) in [7, 11) is -1.18. The second kappa shape index (κ2) is 9.81. The van der Waals surface area contributed by atoms with Crippen LogP contribution in [-0.2, 0) is 17.7 Å². The fourth-order valence-corrected chi connectivity index (χ4v) is 3.22. The molecule has 0 saturated carbocycles. The van der Waals surface area contributed by atoms with Gasteiger partial charge in [0, 0.05) is 39.9 Å². The highest BCUT2D eigenvalue weighted by Gasteiger charge is 2.48. The minimum Gasteiger partial charge on any atom is -0.355 e. The monoisotopic (exact) mass is 279 g/mol. The van der Waals surface area contributed by atoms with Gasteiger partial charge < -0.3 is 34.1 Å². The predicted molar refractivity (Wildman–Crippen MR) is 70.0 cm³/mol. The summed E-state index contributed by atoms with van der Waals surface area (Å²) < 4.78 is 21.6. The molecule has 1 heterocycles. The molecule has 0 aromatic rings. The second-order valence-corrected chi connectivity index (χ2v) is 6.17. The second-order valence-electron chi connectivity index (χ2n) is 3.89. The zero-order chi connectivity index (χ0) is 13.1. The summed E-state index contributed by atoms with van der Waals surface area (Å²) in [5, 5.41) is 6.52. The number of nitrogens with two attached hydrogens (primary N) is 1. The molecule has 1 saturated heterocycles. The van der Waals surface area contributed by atoms with Crippen molar-refractivity contribution in [3.05, 3.63) is 0 Å². The summed E-state index contributed by atoms with van der Waals surface area (Å²) in [6.07, 6.45) is 0.904. The molecule has 18 heavy (non-hydrogen) atoms. The highest BCUT2D eigenvalue weighted by Crippen LogP contribution is 2.15. The van der Waals surface area contributed by atoms with Crippen molar-refractivity contribution in [1.29, 1.82) is 0 Å². The van der Waals surface area contributed by atoms with Crippen molar-refractivity contribution in [2.45, 2.75) is 6.42 Å². The van der Waals surface area contributed by atoms with E-state index in [1.165, 1.54) is 0 Å². The van der Waals surface area contributed by atoms with Crippen LogP contribution < -0.4 is 16.4 Å². The molecule has 4 N–H and O–H groups in total. The Morgan fingerprint density at radius 1 is 1.11 bits per heavy atom. The van der Waals surface area contributed by atoms with Crippen LogP contribution in [0.25, 0.3) is 0 Å². The molecule has 1 rings (SSSR count). The highest BCUT2D eigenvalue weighted by molar-refractivity contribution is 6.53. The Morgan fingerprint density at radius 2 is 1.78 bits per heavy atom. The number of hydrogen-bond donors (Lipinski definition) is 3. The first-order chi connectivity index (χ1) is 8.83. The lowest BCUT2D eigenvalue weighted by molar-refractivity contribution is 0.0387. The van der Waals surface area contributed by atoms with E-state index in [1.807, 2.05) is 0 Å². The quantitative estimate of drug-likeness (QED) is 0.319. The first-order valence-electron chi connectivity index (χ1n) is 6.41. The van der Waals surface area contributed by atoms with Gasteiger partial charge in [-0.05, 0) is 13.0 Å². The Bertz CT molecular complexity index is 206. The summed E-state index contributed by atoms with van der Waals surface area (Å²) in [4.78, 5) is 0. The van der Waals surface area contributed by atoms with E-state index in [1.54, 1.807) is 7.11 Å². The Hall–Kier alpha value is -0.0631. The minimum atomic E-state index is -2.75. The van der Waals surface area contributed by atoms with Crippen molar-refractivity contribution >= 4 is 9.05 Å². The normalized spacial score (nSPS) is 18.3. The van der Waals surface area contributed by atoms with E-state index >= 15 is 0 Å². The smallest absolute Gasteiger partial charge is 0.355 e. The average Bonchev–Trinajstić information content (AvgIpc) is 2.86. The lowest BCUT2D eigenvalue weighted by Gasteiger charge is -2.19. The zero-order valence-corrected chi connectivity index (χ0v) is 12.1. The molecule has 1 fully saturated rings. The standard InChI is InChI=1S/C10H25N3O4Si/c1-14-18(16-9-10-17-18)15-8-2-4-12-6-7-13-5-3-11/h12-13H,2-11H2,1H3. The van der Waals surface area contributed by atoms with Gasteiger partial charge in [0.1, 0.15) is 0 Å². The van der Waals surface area contributed by atoms with Crippen LogP contribution in [0.3, 0.4) is 0 Å². The molecule has 0 aromatic heterocycles. The SMILES string of the molecule is CO[Si]1(OCCCNCCNCCN)OCCO1. The lowest BCUT2D eigenvalue weighted by atomic mass is 10.4. The van der Waals surface area contributed by atoms with Gasteiger partial charge in [0.05, 0.1) is 13.2 Å². The Labute approximate surface area is 110 Å². The van der Waals surface area contributed by atoms with E-state index in [0.29, 0.717) is 26.4 Å². The largest absolute Gasteiger partial charge is 0.679 e. The van der Waals surface area contributed by atoms with Crippen molar-refractivity contribution < 1.29 is 17.7 Å². The minimum absolute atomic E-state index is 0.561. The van der Waals surface area contributed by atoms with E-state index < -0.39 is 9.05 Å². The third-order valence-electron chi connectivity index (χ3n) is 2.47. The molecule has 0 spiro atoms. The molecular weight excluding hydrogens is 254 g/mol. The van der Waals surface area contributed by atoms with Crippen LogP contribution in [0.1, 0.15) is 6.42 Å². The molecule has 1 aliphatic rings. The molecule has 0 aromatic carbocycles. The van der Waals surface area contributed by atoms with Gasteiger partial charge in [0.25, 0.3) is 0 Å². The van der Waals surface area contributed by atoms with E-state index in [-0.39, 0.29) is 0 Å². The van der Waals surface area contributed by atoms with Crippen LogP contribution in [0.5, 0.6) is 0 Å². The van der Waals surface area contributed by atoms with Gasteiger partial charge in [-0.3, -0.25) is 0 Å². The van der Waals surface area contributed by atoms with Gasteiger partial charge in [-0.2, -0.15) is 0 Å². The number of rotatable bonds is 11. The van der Waals surface area contributed by atoms with Gasteiger partial charge in [-0.25, -0.2) is 0 Å². The molecule has 0 aliphatic carbocycles. The molecule has 0 unspecified atom stereocenters. The van der Waals surface area contributed by atoms with Crippen LogP contribution in [0.4, 0.5) is 0 Å². The first kappa shape index (κ1) is 16.0. The van der Waals surface area contributed by atoms with Gasteiger partial charge in [-0.15, -0.1) is 0 Å². The van der Waals surface area contributed by atoms with Crippen molar-refractivity contribution in [2.75, 3.05) is 59.7 Å². The predicted octanol–water partition coefficient (Wildman–Crippen LogP) is -1.34. The Morgan fingerprint density at radius 3 is 2.39 bits per heavy atom. The maximum absolute atomic E-state index is 5.58. The van der Waals surface area contributed by atoms with Gasteiger partial charge in [-0.1, -0.05) is 0 Å². The molecule has 8 heteroatoms. The average molecular weight is 279 g/mol. The summed E-state index contributed by atoms with van der Waals surface area (Å²) >= 11 is 0.